The third-order valence-corrected chi connectivity index (χ3v) is 1.93. The molecule has 10 heteroatoms. The van der Waals surface area contributed by atoms with Gasteiger partial charge in [0.15, 0.2) is 0 Å². The molecule has 1 aromatic heterocycles. The van der Waals surface area contributed by atoms with Gasteiger partial charge in [0.25, 0.3) is 12.0 Å². The number of aromatic amines is 1. The summed E-state index contributed by atoms with van der Waals surface area (Å²) in [6.45, 7) is 0. The normalized spacial score (nSPS) is 11.7. The second-order valence-corrected chi connectivity index (χ2v) is 3.32. The van der Waals surface area contributed by atoms with E-state index in [9.17, 15) is 31.5 Å². The highest BCUT2D eigenvalue weighted by atomic mass is 19.4. The molecule has 1 aromatic rings. The van der Waals surface area contributed by atoms with Crippen LogP contribution in [0.15, 0.2) is 10.9 Å². The van der Waals surface area contributed by atoms with Gasteiger partial charge in [-0.1, -0.05) is 0 Å². The monoisotopic (exact) mass is 287 g/mol. The first-order valence-corrected chi connectivity index (χ1v) is 4.62. The van der Waals surface area contributed by atoms with E-state index in [2.05, 4.69) is 4.74 Å². The van der Waals surface area contributed by atoms with Gasteiger partial charge in [-0.05, 0) is 0 Å². The number of carboxylic acid groups (broad SMARTS) is 1. The molecule has 1 rings (SSSR count). The first-order valence-electron chi connectivity index (χ1n) is 4.62. The van der Waals surface area contributed by atoms with E-state index in [0.717, 1.165) is 0 Å². The number of carbonyl (C=O) groups is 1. The lowest BCUT2D eigenvalue weighted by atomic mass is 10.1. The van der Waals surface area contributed by atoms with Gasteiger partial charge >= 0.3 is 12.3 Å². The van der Waals surface area contributed by atoms with Crippen molar-refractivity contribution in [3.63, 3.8) is 0 Å². The molecule has 0 amide bonds. The summed E-state index contributed by atoms with van der Waals surface area (Å²) in [4.78, 5) is 23.0. The fourth-order valence-corrected chi connectivity index (χ4v) is 1.31. The van der Waals surface area contributed by atoms with E-state index in [4.69, 9.17) is 5.11 Å². The molecule has 0 fully saturated rings. The van der Waals surface area contributed by atoms with Crippen LogP contribution in [0.25, 0.3) is 0 Å². The third-order valence-electron chi connectivity index (χ3n) is 1.93. The van der Waals surface area contributed by atoms with Crippen molar-refractivity contribution in [3.05, 3.63) is 27.5 Å². The summed E-state index contributed by atoms with van der Waals surface area (Å²) in [6, 6.07) is 0.326. The topological polar surface area (TPSA) is 79.4 Å². The van der Waals surface area contributed by atoms with Crippen LogP contribution in [0.1, 0.15) is 17.6 Å². The zero-order valence-electron chi connectivity index (χ0n) is 8.92. The average Bonchev–Trinajstić information content (AvgIpc) is 2.18. The summed E-state index contributed by atoms with van der Waals surface area (Å²) in [5, 5.41) is 8.49. The number of pyridine rings is 1. The zero-order chi connectivity index (χ0) is 14.8. The number of hydrogen-bond acceptors (Lipinski definition) is 3. The Labute approximate surface area is 101 Å². The number of aliphatic carboxylic acids is 1. The molecule has 2 N–H and O–H groups in total. The molecule has 0 bridgehead atoms. The van der Waals surface area contributed by atoms with Crippen molar-refractivity contribution in [2.45, 2.75) is 19.2 Å². The molecule has 0 saturated heterocycles. The summed E-state index contributed by atoms with van der Waals surface area (Å²) in [6.07, 6.45) is -9.72. The second-order valence-electron chi connectivity index (χ2n) is 3.32. The maximum Gasteiger partial charge on any atom is 0.574 e. The van der Waals surface area contributed by atoms with Crippen LogP contribution in [0.3, 0.4) is 0 Å². The number of aromatic nitrogens is 1. The van der Waals surface area contributed by atoms with Crippen molar-refractivity contribution >= 4 is 5.97 Å². The van der Waals surface area contributed by atoms with Crippen LogP contribution in [0, 0.1) is 0 Å². The van der Waals surface area contributed by atoms with Crippen molar-refractivity contribution in [1.29, 1.82) is 0 Å². The molecule has 0 radical (unpaired) electrons. The second kappa shape index (κ2) is 5.24. The SMILES string of the molecule is O=C(O)Cc1c(C(F)F)cc(=O)[nH]c1OC(F)(F)F. The molecule has 1 heterocycles. The molecule has 106 valence electrons. The Hall–Kier alpha value is -2.13. The Morgan fingerprint density at radius 1 is 1.42 bits per heavy atom. The van der Waals surface area contributed by atoms with Crippen molar-refractivity contribution in [3.8, 4) is 5.88 Å². The van der Waals surface area contributed by atoms with Crippen molar-refractivity contribution < 1.29 is 36.6 Å². The Bertz CT molecular complexity index is 536. The van der Waals surface area contributed by atoms with E-state index in [1.165, 1.54) is 4.98 Å². The minimum absolute atomic E-state index is 0.326. The van der Waals surface area contributed by atoms with Crippen molar-refractivity contribution in [2.24, 2.45) is 0 Å². The molecule has 0 aliphatic carbocycles. The number of carboxylic acids is 1. The van der Waals surface area contributed by atoms with Gasteiger partial charge in [-0.15, -0.1) is 13.2 Å². The lowest BCUT2D eigenvalue weighted by molar-refractivity contribution is -0.276. The summed E-state index contributed by atoms with van der Waals surface area (Å²) < 4.78 is 64.7. The molecule has 0 aromatic carbocycles. The van der Waals surface area contributed by atoms with E-state index in [1.807, 2.05) is 0 Å². The predicted octanol–water partition coefficient (Wildman–Crippen LogP) is 1.84. The van der Waals surface area contributed by atoms with Crippen LogP contribution < -0.4 is 10.3 Å². The van der Waals surface area contributed by atoms with Gasteiger partial charge in [0.1, 0.15) is 0 Å². The van der Waals surface area contributed by atoms with Gasteiger partial charge < -0.3 is 9.84 Å². The van der Waals surface area contributed by atoms with Crippen LogP contribution >= 0.6 is 0 Å². The van der Waals surface area contributed by atoms with E-state index >= 15 is 0 Å². The van der Waals surface area contributed by atoms with Crippen LogP contribution in [-0.2, 0) is 11.2 Å². The number of nitrogens with one attached hydrogen (secondary N) is 1. The van der Waals surface area contributed by atoms with Gasteiger partial charge in [0, 0.05) is 17.2 Å². The van der Waals surface area contributed by atoms with E-state index in [-0.39, 0.29) is 0 Å². The maximum absolute atomic E-state index is 12.6. The molecule has 5 nitrogen and oxygen atoms in total. The predicted molar refractivity (Wildman–Crippen MR) is 50.0 cm³/mol. The number of ether oxygens (including phenoxy) is 1. The minimum atomic E-state index is -5.25. The van der Waals surface area contributed by atoms with Crippen LogP contribution in [0.5, 0.6) is 5.88 Å². The van der Waals surface area contributed by atoms with Gasteiger partial charge in [0.05, 0.1) is 6.42 Å². The molecule has 0 aliphatic heterocycles. The molecular weight excluding hydrogens is 281 g/mol. The average molecular weight is 287 g/mol. The zero-order valence-corrected chi connectivity index (χ0v) is 8.92. The molecule has 0 aliphatic rings. The molecule has 0 spiro atoms. The molecule has 0 unspecified atom stereocenters. The highest BCUT2D eigenvalue weighted by molar-refractivity contribution is 5.71. The fraction of sp³-hybridized carbons (Fsp3) is 0.333. The van der Waals surface area contributed by atoms with Gasteiger partial charge in [0.2, 0.25) is 5.88 Å². The first kappa shape index (κ1) is 14.9. The minimum Gasteiger partial charge on any atom is -0.481 e. The van der Waals surface area contributed by atoms with E-state index in [1.54, 1.807) is 0 Å². The number of hydrogen-bond donors (Lipinski definition) is 2. The lowest BCUT2D eigenvalue weighted by Crippen LogP contribution is -2.23. The number of H-pyrrole nitrogens is 1. The Morgan fingerprint density at radius 3 is 2.42 bits per heavy atom. The smallest absolute Gasteiger partial charge is 0.481 e. The maximum atomic E-state index is 12.6. The number of rotatable bonds is 4. The van der Waals surface area contributed by atoms with Crippen molar-refractivity contribution in [2.75, 3.05) is 0 Å². The quantitative estimate of drug-likeness (QED) is 0.828. The van der Waals surface area contributed by atoms with Crippen LogP contribution in [0.4, 0.5) is 22.0 Å². The number of halogens is 5. The standard InChI is InChI=1S/C9H6F5NO4/c10-7(11)3-1-5(16)15-8(19-9(12,13)14)4(3)2-6(17)18/h1,7H,2H2,(H,15,16)(H,17,18). The summed E-state index contributed by atoms with van der Waals surface area (Å²) in [5.41, 5.74) is -3.31. The summed E-state index contributed by atoms with van der Waals surface area (Å²) >= 11 is 0. The third kappa shape index (κ3) is 4.23. The lowest BCUT2D eigenvalue weighted by Gasteiger charge is -2.14. The highest BCUT2D eigenvalue weighted by Gasteiger charge is 2.34. The number of alkyl halides is 5. The molecule has 0 atom stereocenters. The first-order chi connectivity index (χ1) is 8.60. The summed E-state index contributed by atoms with van der Waals surface area (Å²) in [5.74, 6) is -3.00. The van der Waals surface area contributed by atoms with Crippen LogP contribution in [0.2, 0.25) is 0 Å². The highest BCUT2D eigenvalue weighted by Crippen LogP contribution is 2.30. The largest absolute Gasteiger partial charge is 0.574 e. The molecular formula is C9H6F5NO4. The molecule has 0 saturated carbocycles. The van der Waals surface area contributed by atoms with E-state index in [0.29, 0.717) is 6.07 Å². The fourth-order valence-electron chi connectivity index (χ4n) is 1.31. The molecule has 19 heavy (non-hydrogen) atoms. The Morgan fingerprint density at radius 2 is 2.00 bits per heavy atom. The van der Waals surface area contributed by atoms with Crippen molar-refractivity contribution in [1.82, 2.24) is 4.98 Å². The van der Waals surface area contributed by atoms with Gasteiger partial charge in [-0.2, -0.15) is 0 Å². The Kier molecular flexibility index (Phi) is 4.12. The van der Waals surface area contributed by atoms with Gasteiger partial charge in [-0.25, -0.2) is 8.78 Å². The van der Waals surface area contributed by atoms with E-state index < -0.39 is 47.7 Å². The summed E-state index contributed by atoms with van der Waals surface area (Å²) in [7, 11) is 0. The van der Waals surface area contributed by atoms with Crippen LogP contribution in [-0.4, -0.2) is 22.4 Å². The van der Waals surface area contributed by atoms with Gasteiger partial charge in [-0.3, -0.25) is 14.6 Å². The Balaban J connectivity index is 3.41.